The summed E-state index contributed by atoms with van der Waals surface area (Å²) in [5.74, 6) is 0.0837. The quantitative estimate of drug-likeness (QED) is 0.684. The molecule has 0 aliphatic carbocycles. The van der Waals surface area contributed by atoms with Gasteiger partial charge in [-0.1, -0.05) is 0 Å². The second-order valence-electron chi connectivity index (χ2n) is 2.91. The molecule has 5 nitrogen and oxygen atoms in total. The van der Waals surface area contributed by atoms with Crippen LogP contribution in [-0.4, -0.2) is 29.5 Å². The number of hydrogen-bond donors (Lipinski definition) is 0. The van der Waals surface area contributed by atoms with Gasteiger partial charge in [0.15, 0.2) is 11.5 Å². The third-order valence-corrected chi connectivity index (χ3v) is 1.77. The summed E-state index contributed by atoms with van der Waals surface area (Å²) in [6, 6.07) is 0. The van der Waals surface area contributed by atoms with Crippen molar-refractivity contribution in [3.8, 4) is 5.88 Å². The van der Waals surface area contributed by atoms with E-state index in [4.69, 9.17) is 9.47 Å². The number of nitrogens with zero attached hydrogens (tertiary/aromatic N) is 2. The van der Waals surface area contributed by atoms with Crippen molar-refractivity contribution in [2.45, 2.75) is 20.5 Å². The fourth-order valence-electron chi connectivity index (χ4n) is 1.07. The van der Waals surface area contributed by atoms with Crippen LogP contribution in [0.3, 0.4) is 0 Å². The van der Waals surface area contributed by atoms with E-state index in [9.17, 15) is 4.79 Å². The van der Waals surface area contributed by atoms with Crippen LogP contribution in [0.1, 0.15) is 30.0 Å². The maximum absolute atomic E-state index is 11.2. The molecular weight excluding hydrogens is 196 g/mol. The molecule has 0 unspecified atom stereocenters. The topological polar surface area (TPSA) is 61.3 Å². The lowest BCUT2D eigenvalue weighted by Gasteiger charge is -2.06. The molecule has 0 saturated heterocycles. The molecule has 5 heteroatoms. The first kappa shape index (κ1) is 11.6. The third-order valence-electron chi connectivity index (χ3n) is 1.77. The van der Waals surface area contributed by atoms with Gasteiger partial charge in [0.25, 0.3) is 0 Å². The summed E-state index contributed by atoms with van der Waals surface area (Å²) in [5.41, 5.74) is 0.873. The van der Waals surface area contributed by atoms with Crippen molar-refractivity contribution >= 4 is 5.78 Å². The number of carbonyl (C=O) groups excluding carboxylic acids is 1. The van der Waals surface area contributed by atoms with Crippen LogP contribution >= 0.6 is 0 Å². The summed E-state index contributed by atoms with van der Waals surface area (Å²) in [5, 5.41) is 0. The molecule has 1 rings (SSSR count). The molecular formula is C10H14N2O3. The van der Waals surface area contributed by atoms with Gasteiger partial charge in [-0.3, -0.25) is 4.79 Å². The molecule has 0 bridgehead atoms. The molecule has 0 spiro atoms. The van der Waals surface area contributed by atoms with Crippen molar-refractivity contribution in [3.05, 3.63) is 17.6 Å². The molecule has 82 valence electrons. The van der Waals surface area contributed by atoms with Crippen molar-refractivity contribution in [1.82, 2.24) is 9.97 Å². The third kappa shape index (κ3) is 2.99. The highest BCUT2D eigenvalue weighted by Crippen LogP contribution is 2.13. The molecule has 15 heavy (non-hydrogen) atoms. The van der Waals surface area contributed by atoms with Gasteiger partial charge in [-0.05, 0) is 6.92 Å². The summed E-state index contributed by atoms with van der Waals surface area (Å²) in [7, 11) is 1.46. The summed E-state index contributed by atoms with van der Waals surface area (Å²) in [4.78, 5) is 19.3. The van der Waals surface area contributed by atoms with E-state index in [1.54, 1.807) is 6.20 Å². The molecule has 0 aromatic carbocycles. The van der Waals surface area contributed by atoms with Gasteiger partial charge in [-0.25, -0.2) is 9.97 Å². The fraction of sp³-hybridized carbons (Fsp3) is 0.500. The molecule has 0 fully saturated rings. The van der Waals surface area contributed by atoms with E-state index >= 15 is 0 Å². The molecule has 0 atom stereocenters. The average molecular weight is 210 g/mol. The Morgan fingerprint density at radius 2 is 2.27 bits per heavy atom. The zero-order valence-corrected chi connectivity index (χ0v) is 9.11. The average Bonchev–Trinajstić information content (AvgIpc) is 2.25. The Labute approximate surface area is 88.4 Å². The molecule has 0 amide bonds. The van der Waals surface area contributed by atoms with E-state index in [2.05, 4.69) is 9.97 Å². The highest BCUT2D eigenvalue weighted by molar-refractivity contribution is 5.94. The number of carbonyl (C=O) groups is 1. The van der Waals surface area contributed by atoms with Gasteiger partial charge in [0.1, 0.15) is 0 Å². The number of methoxy groups -OCH3 is 1. The monoisotopic (exact) mass is 210 g/mol. The summed E-state index contributed by atoms with van der Waals surface area (Å²) in [6.45, 7) is 4.27. The maximum atomic E-state index is 11.2. The van der Waals surface area contributed by atoms with Crippen LogP contribution in [0, 0.1) is 0 Å². The first-order valence-electron chi connectivity index (χ1n) is 4.67. The normalized spacial score (nSPS) is 10.1. The predicted octanol–water partition coefficient (Wildman–Crippen LogP) is 1.22. The lowest BCUT2D eigenvalue weighted by molar-refractivity contribution is 0.100. The minimum Gasteiger partial charge on any atom is -0.479 e. The SMILES string of the molecule is CCOCc1cnc(OC)c(C(C)=O)n1. The number of ketones is 1. The Bertz CT molecular complexity index is 353. The van der Waals surface area contributed by atoms with Crippen LogP contribution in [0.15, 0.2) is 6.20 Å². The number of hydrogen-bond acceptors (Lipinski definition) is 5. The van der Waals surface area contributed by atoms with Gasteiger partial charge in [0.05, 0.1) is 25.6 Å². The second-order valence-corrected chi connectivity index (χ2v) is 2.91. The van der Waals surface area contributed by atoms with Gasteiger partial charge in [-0.15, -0.1) is 0 Å². The number of rotatable bonds is 5. The Balaban J connectivity index is 2.94. The van der Waals surface area contributed by atoms with Crippen LogP contribution in [0.2, 0.25) is 0 Å². The van der Waals surface area contributed by atoms with E-state index in [-0.39, 0.29) is 17.4 Å². The van der Waals surface area contributed by atoms with Gasteiger partial charge in [0, 0.05) is 13.5 Å². The first-order valence-corrected chi connectivity index (χ1v) is 4.67. The van der Waals surface area contributed by atoms with Crippen LogP contribution in [0.5, 0.6) is 5.88 Å². The van der Waals surface area contributed by atoms with E-state index in [1.807, 2.05) is 6.92 Å². The standard InChI is InChI=1S/C10H14N2O3/c1-4-15-6-8-5-11-10(14-3)9(12-8)7(2)13/h5H,4,6H2,1-3H3. The first-order chi connectivity index (χ1) is 7.19. The van der Waals surface area contributed by atoms with Gasteiger partial charge < -0.3 is 9.47 Å². The summed E-state index contributed by atoms with van der Waals surface area (Å²) < 4.78 is 10.1. The Morgan fingerprint density at radius 1 is 1.53 bits per heavy atom. The minimum atomic E-state index is -0.169. The smallest absolute Gasteiger partial charge is 0.243 e. The number of Topliss-reactive ketones (excluding diaryl/α,β-unsaturated/α-hetero) is 1. The zero-order valence-electron chi connectivity index (χ0n) is 9.11. The molecule has 0 N–H and O–H groups in total. The number of aromatic nitrogens is 2. The lowest BCUT2D eigenvalue weighted by Crippen LogP contribution is -2.07. The predicted molar refractivity (Wildman–Crippen MR) is 53.9 cm³/mol. The van der Waals surface area contributed by atoms with E-state index in [0.717, 1.165) is 0 Å². The maximum Gasteiger partial charge on any atom is 0.243 e. The fourth-order valence-corrected chi connectivity index (χ4v) is 1.07. The molecule has 1 aromatic rings. The molecule has 0 saturated carbocycles. The minimum absolute atomic E-state index is 0.169. The van der Waals surface area contributed by atoms with Crippen molar-refractivity contribution in [1.29, 1.82) is 0 Å². The zero-order chi connectivity index (χ0) is 11.3. The van der Waals surface area contributed by atoms with Crippen molar-refractivity contribution in [3.63, 3.8) is 0 Å². The second kappa shape index (κ2) is 5.41. The molecule has 1 aromatic heterocycles. The van der Waals surface area contributed by atoms with E-state index in [0.29, 0.717) is 18.9 Å². The van der Waals surface area contributed by atoms with Crippen molar-refractivity contribution in [2.75, 3.05) is 13.7 Å². The molecule has 0 aliphatic heterocycles. The molecule has 0 aliphatic rings. The van der Waals surface area contributed by atoms with Crippen LogP contribution in [0.4, 0.5) is 0 Å². The van der Waals surface area contributed by atoms with E-state index < -0.39 is 0 Å². The van der Waals surface area contributed by atoms with Crippen molar-refractivity contribution < 1.29 is 14.3 Å². The Hall–Kier alpha value is -1.49. The lowest BCUT2D eigenvalue weighted by atomic mass is 10.3. The van der Waals surface area contributed by atoms with Gasteiger partial charge >= 0.3 is 0 Å². The highest BCUT2D eigenvalue weighted by Gasteiger charge is 2.12. The van der Waals surface area contributed by atoms with Crippen LogP contribution in [0.25, 0.3) is 0 Å². The van der Waals surface area contributed by atoms with Gasteiger partial charge in [-0.2, -0.15) is 0 Å². The summed E-state index contributed by atoms with van der Waals surface area (Å²) >= 11 is 0. The molecule has 1 heterocycles. The Kier molecular flexibility index (Phi) is 4.17. The highest BCUT2D eigenvalue weighted by atomic mass is 16.5. The summed E-state index contributed by atoms with van der Waals surface area (Å²) in [6.07, 6.45) is 1.54. The van der Waals surface area contributed by atoms with E-state index in [1.165, 1.54) is 14.0 Å². The molecule has 0 radical (unpaired) electrons. The van der Waals surface area contributed by atoms with Crippen LogP contribution < -0.4 is 4.74 Å². The number of ether oxygens (including phenoxy) is 2. The van der Waals surface area contributed by atoms with Crippen molar-refractivity contribution in [2.24, 2.45) is 0 Å². The van der Waals surface area contributed by atoms with Gasteiger partial charge in [0.2, 0.25) is 5.88 Å². The van der Waals surface area contributed by atoms with Crippen LogP contribution in [-0.2, 0) is 11.3 Å². The Morgan fingerprint density at radius 3 is 2.80 bits per heavy atom. The largest absolute Gasteiger partial charge is 0.479 e.